The topological polar surface area (TPSA) is 41.9 Å². The Morgan fingerprint density at radius 3 is 1.55 bits per heavy atom. The molecule has 0 aromatic rings. The van der Waals surface area contributed by atoms with Crippen molar-refractivity contribution < 1.29 is 69.8 Å². The maximum atomic E-state index is 7.81. The van der Waals surface area contributed by atoms with E-state index in [0.717, 1.165) is 64.8 Å². The molecule has 0 spiro atoms. The summed E-state index contributed by atoms with van der Waals surface area (Å²) in [5.41, 5.74) is 0. The molecular weight excluding hydrogens is 802 g/mol. The molecule has 4 aliphatic carbocycles. The number of hydrogen-bond donors (Lipinski definition) is 1. The molecule has 4 saturated carbocycles. The Morgan fingerprint density at radius 2 is 1.20 bits per heavy atom. The summed E-state index contributed by atoms with van der Waals surface area (Å²) in [6, 6.07) is 0. The normalized spacial score (nSPS) is 19.4. The fraction of sp³-hybridized carbons (Fsp3) is 0.838. The van der Waals surface area contributed by atoms with E-state index in [-0.39, 0.29) is 61.8 Å². The second-order valence-corrected chi connectivity index (χ2v) is 10.8. The molecule has 44 heavy (non-hydrogen) atoms. The van der Waals surface area contributed by atoms with Gasteiger partial charge in [-0.2, -0.15) is 51.4 Å². The Balaban J connectivity index is -0.000000198. The molecule has 7 heteroatoms. The van der Waals surface area contributed by atoms with Gasteiger partial charge in [-0.25, -0.2) is 0 Å². The average molecular weight is 876 g/mol. The number of aliphatic hydroxyl groups excluding tert-OH is 1. The van der Waals surface area contributed by atoms with Crippen molar-refractivity contribution in [3.63, 3.8) is 0 Å². The second-order valence-electron chi connectivity index (χ2n) is 10.8. The van der Waals surface area contributed by atoms with Crippen LogP contribution in [0, 0.1) is 51.4 Å². The van der Waals surface area contributed by atoms with Crippen LogP contribution in [0.15, 0.2) is 0 Å². The maximum absolute atomic E-state index is 7.81. The van der Waals surface area contributed by atoms with E-state index in [0.29, 0.717) is 12.3 Å². The molecule has 1 N–H and O–H groups in total. The Kier molecular flexibility index (Phi) is 61.2. The monoisotopic (exact) mass is 875 g/mol. The van der Waals surface area contributed by atoms with Crippen molar-refractivity contribution >= 4 is 0 Å². The van der Waals surface area contributed by atoms with Gasteiger partial charge < -0.3 is 59.0 Å². The molecule has 0 aromatic heterocycles. The Hall–Kier alpha value is 1.57. The van der Waals surface area contributed by atoms with Gasteiger partial charge in [0, 0.05) is 33.0 Å². The molecule has 0 aliphatic heterocycles. The molecule has 2 atom stereocenters. The van der Waals surface area contributed by atoms with Crippen LogP contribution in [0.25, 0.3) is 0 Å². The van der Waals surface area contributed by atoms with E-state index >= 15 is 0 Å². The Morgan fingerprint density at radius 1 is 0.705 bits per heavy atom. The van der Waals surface area contributed by atoms with Gasteiger partial charge in [-0.3, -0.25) is 0 Å². The molecule has 4 aliphatic rings. The summed E-state index contributed by atoms with van der Waals surface area (Å²) in [5.74, 6) is 1.50. The molecule has 4 nitrogen and oxygen atoms in total. The van der Waals surface area contributed by atoms with Gasteiger partial charge in [0.25, 0.3) is 0 Å². The Bertz CT molecular complexity index is 393. The van der Waals surface area contributed by atoms with Crippen LogP contribution in [0.1, 0.15) is 137 Å². The standard InChI is InChI=1S/C20H36NO2.2C5H9.C3H7O.2C2H6.2Fe.W/c1-2-21(13-7-15-22-17-19-9-3-4-10-19)14-8-16-23-18-20-11-5-6-12-20;2*1-2-4-5-3-1;1-2-3-4;2*1-2;;;/h3,11,19-20H,1-2,4-10,12-18H2;2*1H,2-5H2;4H,1-3H2;2*1-2H3;;;/q-3;3*-1;;;3*+2. The van der Waals surface area contributed by atoms with E-state index in [4.69, 9.17) is 14.6 Å². The first-order valence-electron chi connectivity index (χ1n) is 17.7. The van der Waals surface area contributed by atoms with Crippen LogP contribution < -0.4 is 0 Å². The molecule has 266 valence electrons. The first kappa shape index (κ1) is 55.0. The predicted octanol–water partition coefficient (Wildman–Crippen LogP) is 9.72. The summed E-state index contributed by atoms with van der Waals surface area (Å²) >= 11 is 0. The predicted molar refractivity (Wildman–Crippen MR) is 181 cm³/mol. The SMILES string of the molecule is CC.CC.[CH-]1CCCC1.[CH-]1CCCC1.[CH2-]CCO.[CH2-]CN(CCCOCC1[CH-]CCC1)CCCOCC1C[CH-]CC1.[Fe+2].[Fe+2].[W+2]. The summed E-state index contributed by atoms with van der Waals surface area (Å²) in [7, 11) is 0. The number of rotatable bonds is 14. The summed E-state index contributed by atoms with van der Waals surface area (Å²) in [5, 5.41) is 7.81. The summed E-state index contributed by atoms with van der Waals surface area (Å²) in [6.07, 6.45) is 31.5. The van der Waals surface area contributed by atoms with Crippen molar-refractivity contribution in [2.75, 3.05) is 52.7 Å². The smallest absolute Gasteiger partial charge is 0.399 e. The van der Waals surface area contributed by atoms with Crippen molar-refractivity contribution in [1.82, 2.24) is 4.90 Å². The van der Waals surface area contributed by atoms with Gasteiger partial charge in [0.05, 0.1) is 0 Å². The maximum Gasteiger partial charge on any atom is 2.00 e. The van der Waals surface area contributed by atoms with Gasteiger partial charge in [0.15, 0.2) is 0 Å². The molecule has 2 unspecified atom stereocenters. The van der Waals surface area contributed by atoms with Crippen LogP contribution in [0.5, 0.6) is 0 Å². The van der Waals surface area contributed by atoms with Gasteiger partial charge in [0.1, 0.15) is 0 Å². The van der Waals surface area contributed by atoms with E-state index in [1.54, 1.807) is 0 Å². The number of ether oxygens (including phenoxy) is 2. The molecule has 0 aromatic carbocycles. The van der Waals surface area contributed by atoms with Gasteiger partial charge in [-0.15, -0.1) is 12.5 Å². The van der Waals surface area contributed by atoms with E-state index in [1.807, 2.05) is 27.7 Å². The largest absolute Gasteiger partial charge is 2.00 e. The molecule has 4 fully saturated rings. The van der Waals surface area contributed by atoms with E-state index in [9.17, 15) is 0 Å². The van der Waals surface area contributed by atoms with Crippen molar-refractivity contribution in [2.45, 2.75) is 137 Å². The molecule has 0 amide bonds. The van der Waals surface area contributed by atoms with Gasteiger partial charge in [0.2, 0.25) is 0 Å². The number of hydrogen-bond acceptors (Lipinski definition) is 4. The summed E-state index contributed by atoms with van der Waals surface area (Å²) < 4.78 is 11.6. The van der Waals surface area contributed by atoms with Crippen molar-refractivity contribution in [3.05, 3.63) is 39.5 Å². The van der Waals surface area contributed by atoms with Crippen LogP contribution >= 0.6 is 0 Å². The van der Waals surface area contributed by atoms with Crippen LogP contribution in [-0.2, 0) is 64.7 Å². The van der Waals surface area contributed by atoms with E-state index in [1.165, 1.54) is 89.9 Å². The zero-order valence-electron chi connectivity index (χ0n) is 29.4. The average Bonchev–Trinajstić information content (AvgIpc) is 3.87. The van der Waals surface area contributed by atoms with Crippen LogP contribution in [-0.4, -0.2) is 62.7 Å². The second kappa shape index (κ2) is 49.0. The first-order valence-corrected chi connectivity index (χ1v) is 17.7. The zero-order chi connectivity index (χ0) is 30.7. The van der Waals surface area contributed by atoms with Crippen LogP contribution in [0.3, 0.4) is 0 Å². The fourth-order valence-corrected chi connectivity index (χ4v) is 5.02. The third kappa shape index (κ3) is 39.7. The number of nitrogens with zero attached hydrogens (tertiary/aromatic N) is 1. The molecule has 0 saturated heterocycles. The third-order valence-electron chi connectivity index (χ3n) is 7.38. The van der Waals surface area contributed by atoms with E-state index < -0.39 is 0 Å². The minimum absolute atomic E-state index is 0. The first-order chi connectivity index (χ1) is 20.3. The van der Waals surface area contributed by atoms with Gasteiger partial charge in [-0.1, -0.05) is 72.6 Å². The fourth-order valence-electron chi connectivity index (χ4n) is 5.02. The van der Waals surface area contributed by atoms with Crippen LogP contribution in [0.4, 0.5) is 0 Å². The summed E-state index contributed by atoms with van der Waals surface area (Å²) in [4.78, 5) is 2.41. The Labute approximate surface area is 313 Å². The quantitative estimate of drug-likeness (QED) is 0.107. The molecule has 0 radical (unpaired) electrons. The van der Waals surface area contributed by atoms with Crippen molar-refractivity contribution in [3.8, 4) is 0 Å². The molecule has 0 heterocycles. The van der Waals surface area contributed by atoms with Gasteiger partial charge >= 0.3 is 55.2 Å². The molecule has 0 bridgehead atoms. The minimum atomic E-state index is 0. The van der Waals surface area contributed by atoms with E-state index in [2.05, 4.69) is 44.4 Å². The van der Waals surface area contributed by atoms with Crippen molar-refractivity contribution in [1.29, 1.82) is 0 Å². The van der Waals surface area contributed by atoms with Crippen LogP contribution in [0.2, 0.25) is 0 Å². The van der Waals surface area contributed by atoms with Gasteiger partial charge in [-0.05, 0) is 31.8 Å². The van der Waals surface area contributed by atoms with Crippen molar-refractivity contribution in [2.24, 2.45) is 11.8 Å². The number of aliphatic hydroxyl groups is 1. The minimum Gasteiger partial charge on any atom is -0.399 e. The molecule has 4 rings (SSSR count). The summed E-state index contributed by atoms with van der Waals surface area (Å²) in [6.45, 7) is 22.3. The zero-order valence-corrected chi connectivity index (χ0v) is 34.5. The third-order valence-corrected chi connectivity index (χ3v) is 7.38. The molecular formula is C37H73Fe2NO3W.